The zero-order chi connectivity index (χ0) is 32.0. The Kier molecular flexibility index (Phi) is 9.93. The normalized spacial score (nSPS) is 14.0. The fraction of sp³-hybridized carbons (Fsp3) is 0.312. The van der Waals surface area contributed by atoms with Gasteiger partial charge in [-0.3, -0.25) is 5.32 Å². The number of urea groups is 1. The van der Waals surface area contributed by atoms with E-state index in [9.17, 15) is 9.18 Å². The number of methoxy groups -OCH3 is 1. The smallest absolute Gasteiger partial charge is 0.325 e. The van der Waals surface area contributed by atoms with Crippen molar-refractivity contribution in [3.63, 3.8) is 0 Å². The van der Waals surface area contributed by atoms with Gasteiger partial charge < -0.3 is 29.9 Å². The summed E-state index contributed by atoms with van der Waals surface area (Å²) in [6.07, 6.45) is 2.43. The number of thiazole rings is 1. The van der Waals surface area contributed by atoms with E-state index in [1.807, 2.05) is 30.3 Å². The predicted molar refractivity (Wildman–Crippen MR) is 182 cm³/mol. The first kappa shape index (κ1) is 31.7. The van der Waals surface area contributed by atoms with Crippen molar-refractivity contribution in [2.24, 2.45) is 0 Å². The van der Waals surface area contributed by atoms with Crippen LogP contribution in [0.2, 0.25) is 5.02 Å². The number of ether oxygens (including phenoxy) is 2. The molecule has 0 spiro atoms. The molecule has 0 aliphatic carbocycles. The highest BCUT2D eigenvalue weighted by atomic mass is 35.5. The Bertz CT molecular complexity index is 1850. The lowest BCUT2D eigenvalue weighted by atomic mass is 10.2. The van der Waals surface area contributed by atoms with Gasteiger partial charge in [0, 0.05) is 66.1 Å². The average Bonchev–Trinajstić information content (AvgIpc) is 3.46. The minimum absolute atomic E-state index is 0.301. The Morgan fingerprint density at radius 2 is 1.83 bits per heavy atom. The summed E-state index contributed by atoms with van der Waals surface area (Å²) >= 11 is 7.30. The number of nitrogens with zero attached hydrogens (tertiary/aromatic N) is 5. The number of halogens is 2. The second kappa shape index (κ2) is 14.4. The molecule has 14 heteroatoms. The highest BCUT2D eigenvalue weighted by Gasteiger charge is 2.16. The third-order valence-electron chi connectivity index (χ3n) is 7.71. The van der Waals surface area contributed by atoms with Crippen LogP contribution in [0.3, 0.4) is 0 Å². The minimum atomic E-state index is -0.727. The Morgan fingerprint density at radius 1 is 1.00 bits per heavy atom. The van der Waals surface area contributed by atoms with Gasteiger partial charge in [0.1, 0.15) is 18.8 Å². The van der Waals surface area contributed by atoms with Crippen molar-refractivity contribution in [2.45, 2.75) is 13.1 Å². The van der Waals surface area contributed by atoms with Gasteiger partial charge in [0.05, 0.1) is 29.5 Å². The molecule has 11 nitrogen and oxygen atoms in total. The Morgan fingerprint density at radius 3 is 2.63 bits per heavy atom. The molecule has 3 heterocycles. The molecule has 1 fully saturated rings. The summed E-state index contributed by atoms with van der Waals surface area (Å²) in [5, 5.41) is 10.3. The van der Waals surface area contributed by atoms with E-state index in [1.165, 1.54) is 23.7 Å². The van der Waals surface area contributed by atoms with Crippen LogP contribution in [0.1, 0.15) is 12.0 Å². The number of aromatic nitrogens is 3. The molecule has 0 atom stereocenters. The highest BCUT2D eigenvalue weighted by Crippen LogP contribution is 2.36. The highest BCUT2D eigenvalue weighted by molar-refractivity contribution is 7.22. The van der Waals surface area contributed by atoms with Crippen LogP contribution in [0.15, 0.2) is 54.9 Å². The van der Waals surface area contributed by atoms with Gasteiger partial charge >= 0.3 is 6.03 Å². The van der Waals surface area contributed by atoms with Gasteiger partial charge in [-0.2, -0.15) is 0 Å². The molecule has 0 unspecified atom stereocenters. The molecule has 1 aliphatic rings. The van der Waals surface area contributed by atoms with Crippen molar-refractivity contribution >= 4 is 72.4 Å². The number of alkyl halides is 1. The number of likely N-dealkylation sites (N-methyl/N-ethyl adjacent to an activating group) is 1. The van der Waals surface area contributed by atoms with E-state index in [0.29, 0.717) is 50.8 Å². The average molecular weight is 665 g/mol. The van der Waals surface area contributed by atoms with Crippen LogP contribution in [0, 0.1) is 0 Å². The third-order valence-corrected chi connectivity index (χ3v) is 9.03. The third kappa shape index (κ3) is 7.56. The van der Waals surface area contributed by atoms with Crippen molar-refractivity contribution in [3.8, 4) is 11.5 Å². The molecular formula is C32H34ClFN8O3S. The summed E-state index contributed by atoms with van der Waals surface area (Å²) in [6, 6.07) is 13.6. The zero-order valence-electron chi connectivity index (χ0n) is 25.5. The fourth-order valence-corrected chi connectivity index (χ4v) is 6.20. The number of rotatable bonds is 11. The minimum Gasteiger partial charge on any atom is -0.493 e. The second-order valence-electron chi connectivity index (χ2n) is 10.9. The van der Waals surface area contributed by atoms with E-state index >= 15 is 0 Å². The molecule has 1 saturated heterocycles. The maximum atomic E-state index is 13.1. The van der Waals surface area contributed by atoms with Crippen LogP contribution in [0.25, 0.3) is 21.1 Å². The molecule has 0 saturated carbocycles. The van der Waals surface area contributed by atoms with Gasteiger partial charge in [-0.15, -0.1) is 0 Å². The molecule has 5 aromatic rings. The van der Waals surface area contributed by atoms with Gasteiger partial charge in [-0.25, -0.2) is 24.1 Å². The number of benzene rings is 3. The number of anilines is 4. The van der Waals surface area contributed by atoms with Crippen molar-refractivity contribution in [2.75, 3.05) is 69.4 Å². The van der Waals surface area contributed by atoms with E-state index in [2.05, 4.69) is 47.7 Å². The molecule has 3 N–H and O–H groups in total. The van der Waals surface area contributed by atoms with Gasteiger partial charge in [0.2, 0.25) is 0 Å². The van der Waals surface area contributed by atoms with Crippen LogP contribution in [0.4, 0.5) is 31.5 Å². The number of amides is 2. The predicted octanol–water partition coefficient (Wildman–Crippen LogP) is 6.77. The first-order valence-corrected chi connectivity index (χ1v) is 16.0. The van der Waals surface area contributed by atoms with E-state index in [-0.39, 0.29) is 0 Å². The van der Waals surface area contributed by atoms with Crippen LogP contribution in [-0.2, 0) is 6.67 Å². The van der Waals surface area contributed by atoms with Crippen molar-refractivity contribution in [1.29, 1.82) is 0 Å². The molecule has 3 aromatic carbocycles. The lowest BCUT2D eigenvalue weighted by Crippen LogP contribution is -2.44. The summed E-state index contributed by atoms with van der Waals surface area (Å²) in [6.45, 7) is 5.22. The molecule has 0 bridgehead atoms. The molecule has 240 valence electrons. The van der Waals surface area contributed by atoms with E-state index in [4.69, 9.17) is 21.1 Å². The SMILES string of the molecule is COc1cc2c(Nc3ccc4sc(NC(=O)Nc5ccc(Cl)c(CF)c5)nc4c3)ncnc2cc1OCCCN1CCN(C)CC1. The Balaban J connectivity index is 1.11. The first-order chi connectivity index (χ1) is 22.4. The molecule has 0 radical (unpaired) electrons. The molecule has 2 amide bonds. The van der Waals surface area contributed by atoms with E-state index in [0.717, 1.165) is 60.4 Å². The molecule has 2 aromatic heterocycles. The summed E-state index contributed by atoms with van der Waals surface area (Å²) in [4.78, 5) is 30.9. The first-order valence-electron chi connectivity index (χ1n) is 14.8. The quantitative estimate of drug-likeness (QED) is 0.131. The van der Waals surface area contributed by atoms with E-state index < -0.39 is 12.7 Å². The Hall–Kier alpha value is -4.30. The number of carbonyl (C=O) groups excluding carboxylic acids is 1. The summed E-state index contributed by atoms with van der Waals surface area (Å²) in [5.74, 6) is 1.85. The zero-order valence-corrected chi connectivity index (χ0v) is 27.1. The lowest BCUT2D eigenvalue weighted by molar-refractivity contribution is 0.145. The topological polar surface area (TPSA) is 117 Å². The summed E-state index contributed by atoms with van der Waals surface area (Å²) < 4.78 is 25.8. The second-order valence-corrected chi connectivity index (χ2v) is 12.4. The number of hydrogen-bond acceptors (Lipinski definition) is 10. The van der Waals surface area contributed by atoms with Crippen LogP contribution < -0.4 is 25.4 Å². The fourth-order valence-electron chi connectivity index (χ4n) is 5.19. The van der Waals surface area contributed by atoms with Crippen molar-refractivity contribution in [1.82, 2.24) is 24.8 Å². The number of carbonyl (C=O) groups is 1. The van der Waals surface area contributed by atoms with Crippen molar-refractivity contribution < 1.29 is 18.7 Å². The van der Waals surface area contributed by atoms with Gasteiger partial charge in [-0.1, -0.05) is 22.9 Å². The van der Waals surface area contributed by atoms with Gasteiger partial charge in [0.25, 0.3) is 0 Å². The Labute approximate surface area is 274 Å². The lowest BCUT2D eigenvalue weighted by Gasteiger charge is -2.32. The van der Waals surface area contributed by atoms with E-state index in [1.54, 1.807) is 19.2 Å². The largest absolute Gasteiger partial charge is 0.493 e. The van der Waals surface area contributed by atoms with Crippen LogP contribution in [0.5, 0.6) is 11.5 Å². The maximum Gasteiger partial charge on any atom is 0.325 e. The van der Waals surface area contributed by atoms with Gasteiger partial charge in [0.15, 0.2) is 16.6 Å². The van der Waals surface area contributed by atoms with Crippen molar-refractivity contribution in [3.05, 3.63) is 65.4 Å². The molecule has 6 rings (SSSR count). The molecular weight excluding hydrogens is 631 g/mol. The molecule has 46 heavy (non-hydrogen) atoms. The number of fused-ring (bicyclic) bond motifs is 2. The summed E-state index contributed by atoms with van der Waals surface area (Å²) in [7, 11) is 3.78. The number of hydrogen-bond donors (Lipinski definition) is 3. The van der Waals surface area contributed by atoms with Crippen LogP contribution in [-0.4, -0.2) is 84.3 Å². The number of piperazine rings is 1. The van der Waals surface area contributed by atoms with Gasteiger partial charge in [-0.05, 0) is 55.9 Å². The summed E-state index contributed by atoms with van der Waals surface area (Å²) in [5.41, 5.74) is 2.90. The molecule has 1 aliphatic heterocycles. The number of nitrogens with one attached hydrogen (secondary N) is 3. The standard InChI is InChI=1S/C32H34ClFN8O3S/c1-41-9-11-42(12-10-41)8-3-13-45-28-17-25-23(16-27(28)44-2)30(36-19-35-25)37-22-5-7-29-26(15-22)39-32(46-29)40-31(43)38-21-4-6-24(33)20(14-21)18-34/h4-7,14-17,19H,3,8-13,18H2,1-2H3,(H,35,36,37)(H2,38,39,40,43). The van der Waals surface area contributed by atoms with Crippen LogP contribution >= 0.6 is 22.9 Å². The monoisotopic (exact) mass is 664 g/mol. The maximum absolute atomic E-state index is 13.1.